The summed E-state index contributed by atoms with van der Waals surface area (Å²) in [6.07, 6.45) is 8.20. The van der Waals surface area contributed by atoms with Gasteiger partial charge in [-0.15, -0.1) is 0 Å². The van der Waals surface area contributed by atoms with Gasteiger partial charge in [0.05, 0.1) is 44.5 Å². The van der Waals surface area contributed by atoms with Crippen molar-refractivity contribution in [3.8, 4) is 5.69 Å². The Kier molecular flexibility index (Phi) is 8.94. The molecule has 9 aromatic carbocycles. The van der Waals surface area contributed by atoms with Crippen LogP contribution in [0.5, 0.6) is 0 Å². The fourth-order valence-corrected chi connectivity index (χ4v) is 9.89. The van der Waals surface area contributed by atoms with Gasteiger partial charge in [-0.2, -0.15) is 0 Å². The van der Waals surface area contributed by atoms with Crippen molar-refractivity contribution < 1.29 is 0 Å². The van der Waals surface area contributed by atoms with Crippen molar-refractivity contribution in [2.45, 2.75) is 0 Å². The highest BCUT2D eigenvalue weighted by molar-refractivity contribution is 6.23. The second kappa shape index (κ2) is 15.4. The van der Waals surface area contributed by atoms with Crippen LogP contribution in [0.4, 0.5) is 34.1 Å². The zero-order valence-corrected chi connectivity index (χ0v) is 35.1. The summed E-state index contributed by atoms with van der Waals surface area (Å²) in [7, 11) is 0. The van der Waals surface area contributed by atoms with E-state index in [9.17, 15) is 0 Å². The van der Waals surface area contributed by atoms with Crippen LogP contribution in [0.2, 0.25) is 0 Å². The molecule has 4 nitrogen and oxygen atoms in total. The molecule has 4 heteroatoms. The number of benzene rings is 9. The van der Waals surface area contributed by atoms with E-state index >= 15 is 0 Å². The maximum atomic E-state index is 4.00. The number of para-hydroxylation sites is 7. The molecule has 12 aromatic rings. The number of rotatable bonds is 9. The quantitative estimate of drug-likeness (QED) is 0.107. The molecule has 0 saturated heterocycles. The highest BCUT2D eigenvalue weighted by Crippen LogP contribution is 2.44. The number of allylic oxidation sites excluding steroid dienone is 3. The molecule has 12 rings (SSSR count). The summed E-state index contributed by atoms with van der Waals surface area (Å²) >= 11 is 0. The molecule has 0 radical (unpaired) electrons. The number of nitrogens with zero attached hydrogens (tertiary/aromatic N) is 4. The molecule has 0 aliphatic heterocycles. The van der Waals surface area contributed by atoms with Crippen molar-refractivity contribution in [3.05, 3.63) is 249 Å². The molecule has 3 heterocycles. The first-order chi connectivity index (χ1) is 31.7. The Hall–Kier alpha value is -8.60. The van der Waals surface area contributed by atoms with E-state index in [-0.39, 0.29) is 0 Å². The lowest BCUT2D eigenvalue weighted by Crippen LogP contribution is -2.15. The van der Waals surface area contributed by atoms with Crippen LogP contribution in [0.25, 0.3) is 71.5 Å². The third-order valence-corrected chi connectivity index (χ3v) is 12.5. The van der Waals surface area contributed by atoms with Gasteiger partial charge in [-0.1, -0.05) is 152 Å². The molecule has 0 atom stereocenters. The van der Waals surface area contributed by atoms with Crippen LogP contribution in [0.3, 0.4) is 0 Å². The van der Waals surface area contributed by atoms with E-state index in [0.29, 0.717) is 0 Å². The van der Waals surface area contributed by atoms with E-state index in [2.05, 4.69) is 256 Å². The lowest BCUT2D eigenvalue weighted by atomic mass is 10.0. The molecule has 0 fully saturated rings. The van der Waals surface area contributed by atoms with Crippen LogP contribution in [0.1, 0.15) is 0 Å². The smallest absolute Gasteiger partial charge is 0.0619 e. The second-order valence-corrected chi connectivity index (χ2v) is 16.2. The standard InChI is InChI=1S/C60H42N4/c1-2-3-8-34-58-55-41-59-54(40-53(55)52-33-21-32-51-49-30-17-20-36-57(49)64(58)60(51)52)50-31-18-19-35-56(50)63(59)48-38-46(61(42-22-9-4-10-23-42)43-24-11-5-12-25-43)37-47(39-48)62(44-26-13-6-14-27-44)45-28-15-7-16-29-45/h2-41H,1H2/b8-3-,58-34-. The van der Waals surface area contributed by atoms with Gasteiger partial charge in [0.1, 0.15) is 0 Å². The van der Waals surface area contributed by atoms with Crippen LogP contribution >= 0.6 is 0 Å². The van der Waals surface area contributed by atoms with Crippen LogP contribution in [0.15, 0.2) is 243 Å². The van der Waals surface area contributed by atoms with Crippen molar-refractivity contribution in [1.82, 2.24) is 8.97 Å². The number of anilines is 6. The topological polar surface area (TPSA) is 15.8 Å². The summed E-state index contributed by atoms with van der Waals surface area (Å²) < 4.78 is 4.93. The van der Waals surface area contributed by atoms with Gasteiger partial charge in [0.2, 0.25) is 0 Å². The minimum absolute atomic E-state index is 1.04. The summed E-state index contributed by atoms with van der Waals surface area (Å²) in [6, 6.07) is 79.0. The predicted molar refractivity (Wildman–Crippen MR) is 273 cm³/mol. The minimum atomic E-state index is 1.04. The number of fused-ring (bicyclic) bond motifs is 8. The summed E-state index contributed by atoms with van der Waals surface area (Å²) in [4.78, 5) is 4.73. The first kappa shape index (κ1) is 37.2. The average molecular weight is 819 g/mol. The van der Waals surface area contributed by atoms with Crippen molar-refractivity contribution >= 4 is 100.0 Å². The van der Waals surface area contributed by atoms with Gasteiger partial charge in [-0.25, -0.2) is 0 Å². The third kappa shape index (κ3) is 5.99. The molecule has 0 unspecified atom stereocenters. The second-order valence-electron chi connectivity index (χ2n) is 16.2. The van der Waals surface area contributed by atoms with E-state index in [1.165, 1.54) is 48.7 Å². The number of aromatic nitrogens is 2. The maximum absolute atomic E-state index is 4.00. The van der Waals surface area contributed by atoms with Gasteiger partial charge in [-0.05, 0) is 102 Å². The fourth-order valence-electron chi connectivity index (χ4n) is 9.89. The fraction of sp³-hybridized carbons (Fsp3) is 0. The van der Waals surface area contributed by atoms with Gasteiger partial charge in [0, 0.05) is 55.1 Å². The Bertz CT molecular complexity index is 3610. The Morgan fingerprint density at radius 3 is 1.36 bits per heavy atom. The van der Waals surface area contributed by atoms with Crippen molar-refractivity contribution in [2.24, 2.45) is 0 Å². The van der Waals surface area contributed by atoms with E-state index < -0.39 is 0 Å². The van der Waals surface area contributed by atoms with Crippen LogP contribution in [-0.4, -0.2) is 8.97 Å². The van der Waals surface area contributed by atoms with Gasteiger partial charge in [0.25, 0.3) is 0 Å². The summed E-state index contributed by atoms with van der Waals surface area (Å²) in [5.41, 5.74) is 12.1. The molecule has 0 spiro atoms. The van der Waals surface area contributed by atoms with E-state index in [1.54, 1.807) is 0 Å². The molecular formula is C60H42N4. The molecule has 0 N–H and O–H groups in total. The summed E-state index contributed by atoms with van der Waals surface area (Å²) in [5.74, 6) is 0. The van der Waals surface area contributed by atoms with Crippen molar-refractivity contribution in [2.75, 3.05) is 9.80 Å². The Morgan fingerprint density at radius 1 is 0.344 bits per heavy atom. The molecule has 3 aromatic heterocycles. The SMILES string of the molecule is C=C/C=C\C=c1\c2cc3c(cc2c2cccc4c5ccccc5n1c24)c1ccccc1n3-c1cc(N(c2ccccc2)c2ccccc2)cc(N(c2ccccc2)c2ccccc2)c1. The number of hydrogen-bond donors (Lipinski definition) is 0. The van der Waals surface area contributed by atoms with Gasteiger partial charge in [0.15, 0.2) is 0 Å². The molecule has 0 aliphatic rings. The van der Waals surface area contributed by atoms with Gasteiger partial charge in [-0.3, -0.25) is 0 Å². The first-order valence-electron chi connectivity index (χ1n) is 21.8. The number of hydrogen-bond acceptors (Lipinski definition) is 2. The zero-order valence-electron chi connectivity index (χ0n) is 35.1. The van der Waals surface area contributed by atoms with Crippen LogP contribution in [0, 0.1) is 0 Å². The zero-order chi connectivity index (χ0) is 42.6. The lowest BCUT2D eigenvalue weighted by molar-refractivity contribution is 1.16. The molecule has 0 amide bonds. The normalized spacial score (nSPS) is 12.2. The predicted octanol–water partition coefficient (Wildman–Crippen LogP) is 15.7. The highest BCUT2D eigenvalue weighted by Gasteiger charge is 2.23. The Morgan fingerprint density at radius 2 is 0.812 bits per heavy atom. The van der Waals surface area contributed by atoms with Crippen LogP contribution < -0.4 is 15.1 Å². The monoisotopic (exact) mass is 818 g/mol. The van der Waals surface area contributed by atoms with E-state index in [0.717, 1.165) is 56.2 Å². The molecule has 64 heavy (non-hydrogen) atoms. The number of pyridine rings is 1. The molecular weight excluding hydrogens is 777 g/mol. The lowest BCUT2D eigenvalue weighted by Gasteiger charge is -2.30. The minimum Gasteiger partial charge on any atom is -0.310 e. The third-order valence-electron chi connectivity index (χ3n) is 12.5. The summed E-state index contributed by atoms with van der Waals surface area (Å²) in [6.45, 7) is 4.00. The molecule has 302 valence electrons. The molecule has 0 saturated carbocycles. The first-order valence-corrected chi connectivity index (χ1v) is 21.8. The molecule has 0 aliphatic carbocycles. The molecule has 0 bridgehead atoms. The largest absolute Gasteiger partial charge is 0.310 e. The van der Waals surface area contributed by atoms with E-state index in [4.69, 9.17) is 0 Å². The Labute approximate surface area is 371 Å². The van der Waals surface area contributed by atoms with Crippen molar-refractivity contribution in [1.29, 1.82) is 0 Å². The average Bonchev–Trinajstić information content (AvgIpc) is 3.87. The van der Waals surface area contributed by atoms with Gasteiger partial charge >= 0.3 is 0 Å². The van der Waals surface area contributed by atoms with E-state index in [1.807, 2.05) is 12.2 Å². The summed E-state index contributed by atoms with van der Waals surface area (Å²) in [5, 5.41) is 9.67. The highest BCUT2D eigenvalue weighted by atomic mass is 15.2. The van der Waals surface area contributed by atoms with Gasteiger partial charge < -0.3 is 18.8 Å². The maximum Gasteiger partial charge on any atom is 0.0619 e. The Balaban J connectivity index is 1.23. The van der Waals surface area contributed by atoms with Crippen molar-refractivity contribution in [3.63, 3.8) is 0 Å². The van der Waals surface area contributed by atoms with Crippen LogP contribution in [-0.2, 0) is 0 Å².